The number of carboxylic acid groups (broad SMARTS) is 1. The van der Waals surface area contributed by atoms with Crippen LogP contribution in [0.4, 0.5) is 4.79 Å². The fourth-order valence-corrected chi connectivity index (χ4v) is 1.39. The Morgan fingerprint density at radius 3 is 2.42 bits per heavy atom. The van der Waals surface area contributed by atoms with Gasteiger partial charge in [0.15, 0.2) is 0 Å². The van der Waals surface area contributed by atoms with E-state index in [2.05, 4.69) is 5.32 Å². The summed E-state index contributed by atoms with van der Waals surface area (Å²) in [6, 6.07) is 5.97. The lowest BCUT2D eigenvalue weighted by molar-refractivity contribution is -0.141. The molecule has 104 valence electrons. The zero-order chi connectivity index (χ0) is 14.4. The van der Waals surface area contributed by atoms with Crippen molar-refractivity contribution in [2.45, 2.75) is 19.5 Å². The quantitative estimate of drug-likeness (QED) is 0.842. The molecule has 19 heavy (non-hydrogen) atoms. The van der Waals surface area contributed by atoms with Crippen molar-refractivity contribution in [1.29, 1.82) is 0 Å². The predicted octanol–water partition coefficient (Wildman–Crippen LogP) is 1.31. The zero-order valence-electron chi connectivity index (χ0n) is 11.2. The number of aliphatic carboxylic acids is 1. The van der Waals surface area contributed by atoms with Crippen molar-refractivity contribution < 1.29 is 19.4 Å². The van der Waals surface area contributed by atoms with Gasteiger partial charge in [-0.3, -0.25) is 0 Å². The van der Waals surface area contributed by atoms with E-state index in [-0.39, 0.29) is 0 Å². The Morgan fingerprint density at radius 2 is 1.95 bits per heavy atom. The number of carbonyl (C=O) groups excluding carboxylic acids is 1. The van der Waals surface area contributed by atoms with Crippen molar-refractivity contribution in [3.8, 4) is 5.75 Å². The second-order valence-electron chi connectivity index (χ2n) is 4.13. The Morgan fingerprint density at radius 1 is 1.37 bits per heavy atom. The highest BCUT2D eigenvalue weighted by atomic mass is 16.5. The van der Waals surface area contributed by atoms with Crippen LogP contribution in [0.15, 0.2) is 24.3 Å². The Kier molecular flexibility index (Phi) is 5.17. The van der Waals surface area contributed by atoms with Crippen LogP contribution in [0.3, 0.4) is 0 Å². The number of hydrogen-bond donors (Lipinski definition) is 2. The van der Waals surface area contributed by atoms with Crippen LogP contribution in [0.1, 0.15) is 12.5 Å². The second-order valence-corrected chi connectivity index (χ2v) is 4.13. The van der Waals surface area contributed by atoms with E-state index in [1.54, 1.807) is 19.2 Å². The van der Waals surface area contributed by atoms with E-state index in [0.29, 0.717) is 6.54 Å². The highest BCUT2D eigenvalue weighted by Gasteiger charge is 2.21. The van der Waals surface area contributed by atoms with E-state index in [1.165, 1.54) is 14.0 Å². The maximum Gasteiger partial charge on any atom is 0.326 e. The fourth-order valence-electron chi connectivity index (χ4n) is 1.39. The Bertz CT molecular complexity index is 444. The minimum Gasteiger partial charge on any atom is -0.497 e. The molecule has 0 aliphatic carbocycles. The summed E-state index contributed by atoms with van der Waals surface area (Å²) in [6.45, 7) is 1.79. The van der Waals surface area contributed by atoms with E-state index in [9.17, 15) is 9.59 Å². The van der Waals surface area contributed by atoms with Crippen LogP contribution in [-0.4, -0.2) is 42.2 Å². The normalized spacial score (nSPS) is 11.5. The number of ether oxygens (including phenoxy) is 1. The van der Waals surface area contributed by atoms with Crippen LogP contribution < -0.4 is 10.1 Å². The first-order valence-electron chi connectivity index (χ1n) is 5.82. The molecule has 6 heteroatoms. The van der Waals surface area contributed by atoms with Crippen molar-refractivity contribution in [2.75, 3.05) is 14.2 Å². The zero-order valence-corrected chi connectivity index (χ0v) is 11.2. The average Bonchev–Trinajstić information content (AvgIpc) is 2.43. The van der Waals surface area contributed by atoms with Crippen LogP contribution in [0.25, 0.3) is 0 Å². The molecule has 0 saturated heterocycles. The first kappa shape index (κ1) is 14.8. The second kappa shape index (κ2) is 6.63. The first-order chi connectivity index (χ1) is 8.95. The Balaban J connectivity index is 2.51. The van der Waals surface area contributed by atoms with Crippen molar-refractivity contribution in [3.05, 3.63) is 29.8 Å². The van der Waals surface area contributed by atoms with E-state index in [4.69, 9.17) is 9.84 Å². The number of urea groups is 1. The topological polar surface area (TPSA) is 78.9 Å². The molecule has 1 atom stereocenters. The molecule has 2 amide bonds. The number of hydrogen-bond acceptors (Lipinski definition) is 3. The summed E-state index contributed by atoms with van der Waals surface area (Å²) in [5.41, 5.74) is 0.908. The van der Waals surface area contributed by atoms with Gasteiger partial charge in [0.25, 0.3) is 0 Å². The van der Waals surface area contributed by atoms with Crippen LogP contribution in [0, 0.1) is 0 Å². The lowest BCUT2D eigenvalue weighted by Gasteiger charge is -2.21. The molecule has 1 aromatic rings. The lowest BCUT2D eigenvalue weighted by Crippen LogP contribution is -2.45. The summed E-state index contributed by atoms with van der Waals surface area (Å²) in [6.07, 6.45) is 0. The van der Waals surface area contributed by atoms with Crippen LogP contribution in [0.2, 0.25) is 0 Å². The lowest BCUT2D eigenvalue weighted by atomic mass is 10.2. The number of amides is 2. The molecule has 0 saturated carbocycles. The summed E-state index contributed by atoms with van der Waals surface area (Å²) in [7, 11) is 3.03. The maximum absolute atomic E-state index is 11.7. The van der Waals surface area contributed by atoms with E-state index >= 15 is 0 Å². The van der Waals surface area contributed by atoms with Crippen molar-refractivity contribution in [1.82, 2.24) is 10.2 Å². The minimum absolute atomic E-state index is 0.333. The molecule has 0 fully saturated rings. The predicted molar refractivity (Wildman–Crippen MR) is 70.1 cm³/mol. The number of benzene rings is 1. The van der Waals surface area contributed by atoms with Gasteiger partial charge in [0.1, 0.15) is 11.8 Å². The summed E-state index contributed by atoms with van der Waals surface area (Å²) < 4.78 is 5.03. The molecular formula is C13H18N2O4. The largest absolute Gasteiger partial charge is 0.497 e. The van der Waals surface area contributed by atoms with Gasteiger partial charge >= 0.3 is 12.0 Å². The van der Waals surface area contributed by atoms with Crippen molar-refractivity contribution in [3.63, 3.8) is 0 Å². The molecule has 0 radical (unpaired) electrons. The smallest absolute Gasteiger partial charge is 0.326 e. The number of carbonyl (C=O) groups is 2. The molecule has 6 nitrogen and oxygen atoms in total. The molecule has 2 N–H and O–H groups in total. The van der Waals surface area contributed by atoms with Gasteiger partial charge in [-0.15, -0.1) is 0 Å². The van der Waals surface area contributed by atoms with Crippen molar-refractivity contribution >= 4 is 12.0 Å². The summed E-state index contributed by atoms with van der Waals surface area (Å²) in [5.74, 6) is -0.297. The van der Waals surface area contributed by atoms with Gasteiger partial charge in [0.05, 0.1) is 7.11 Å². The Labute approximate surface area is 112 Å². The molecule has 0 bridgehead atoms. The molecule has 1 unspecified atom stereocenters. The third-order valence-electron chi connectivity index (χ3n) is 2.86. The maximum atomic E-state index is 11.7. The van der Waals surface area contributed by atoms with Crippen LogP contribution in [0.5, 0.6) is 5.75 Å². The summed E-state index contributed by atoms with van der Waals surface area (Å²) in [4.78, 5) is 23.6. The first-order valence-corrected chi connectivity index (χ1v) is 5.82. The molecule has 0 aliphatic rings. The van der Waals surface area contributed by atoms with Gasteiger partial charge in [0, 0.05) is 13.6 Å². The standard InChI is InChI=1S/C13H18N2O4/c1-9(12(16)17)15(2)13(18)14-8-10-4-6-11(19-3)7-5-10/h4-7,9H,8H2,1-3H3,(H,14,18)(H,16,17). The Hall–Kier alpha value is -2.24. The van der Waals surface area contributed by atoms with Gasteiger partial charge < -0.3 is 20.1 Å². The van der Waals surface area contributed by atoms with Gasteiger partial charge in [-0.05, 0) is 24.6 Å². The fraction of sp³-hybridized carbons (Fsp3) is 0.385. The number of methoxy groups -OCH3 is 1. The number of likely N-dealkylation sites (N-methyl/N-ethyl adjacent to an activating group) is 1. The number of carboxylic acids is 1. The van der Waals surface area contributed by atoms with Crippen LogP contribution >= 0.6 is 0 Å². The molecule has 0 aliphatic heterocycles. The highest BCUT2D eigenvalue weighted by Crippen LogP contribution is 2.11. The van der Waals surface area contributed by atoms with Gasteiger partial charge in [-0.2, -0.15) is 0 Å². The number of rotatable bonds is 5. The number of nitrogens with one attached hydrogen (secondary N) is 1. The van der Waals surface area contributed by atoms with Gasteiger partial charge in [-0.1, -0.05) is 12.1 Å². The SMILES string of the molecule is COc1ccc(CNC(=O)N(C)C(C)C(=O)O)cc1. The minimum atomic E-state index is -1.04. The van der Waals surface area contributed by atoms with Gasteiger partial charge in [-0.25, -0.2) is 9.59 Å². The van der Waals surface area contributed by atoms with Crippen molar-refractivity contribution in [2.24, 2.45) is 0 Å². The van der Waals surface area contributed by atoms with E-state index in [1.807, 2.05) is 12.1 Å². The molecule has 1 aromatic carbocycles. The summed E-state index contributed by atoms with van der Waals surface area (Å²) >= 11 is 0. The third kappa shape index (κ3) is 4.17. The molecule has 1 rings (SSSR count). The molecule has 0 spiro atoms. The molecular weight excluding hydrogens is 248 g/mol. The highest BCUT2D eigenvalue weighted by molar-refractivity contribution is 5.82. The molecule has 0 aromatic heterocycles. The molecule has 0 heterocycles. The summed E-state index contributed by atoms with van der Waals surface area (Å²) in [5, 5.41) is 11.5. The van der Waals surface area contributed by atoms with Crippen LogP contribution in [-0.2, 0) is 11.3 Å². The third-order valence-corrected chi connectivity index (χ3v) is 2.86. The average molecular weight is 266 g/mol. The van der Waals surface area contributed by atoms with E-state index < -0.39 is 18.0 Å². The van der Waals surface area contributed by atoms with Gasteiger partial charge in [0.2, 0.25) is 0 Å². The monoisotopic (exact) mass is 266 g/mol. The van der Waals surface area contributed by atoms with E-state index in [0.717, 1.165) is 16.2 Å². The number of nitrogens with zero attached hydrogens (tertiary/aromatic N) is 1.